The topological polar surface area (TPSA) is 103 Å². The van der Waals surface area contributed by atoms with E-state index in [2.05, 4.69) is 10.1 Å². The summed E-state index contributed by atoms with van der Waals surface area (Å²) in [6.45, 7) is -0.0379. The number of hydrogen-bond acceptors (Lipinski definition) is 7. The zero-order valence-corrected chi connectivity index (χ0v) is 23.5. The molecule has 8 nitrogen and oxygen atoms in total. The second-order valence-electron chi connectivity index (χ2n) is 10.1. The van der Waals surface area contributed by atoms with Crippen molar-refractivity contribution in [3.8, 4) is 28.6 Å². The molecule has 3 aromatic carbocycles. The van der Waals surface area contributed by atoms with Gasteiger partial charge in [-0.15, -0.1) is 11.3 Å². The zero-order valence-electron chi connectivity index (χ0n) is 22.7. The van der Waals surface area contributed by atoms with Crippen LogP contribution in [0.15, 0.2) is 93.0 Å². The molecule has 45 heavy (non-hydrogen) atoms. The molecular formula is C31H23F4KN4O4S. The van der Waals surface area contributed by atoms with Gasteiger partial charge in [0.05, 0.1) is 18.4 Å². The van der Waals surface area contributed by atoms with E-state index in [1.165, 1.54) is 22.8 Å². The van der Waals surface area contributed by atoms with Crippen LogP contribution in [-0.2, 0) is 25.9 Å². The van der Waals surface area contributed by atoms with Crippen LogP contribution in [0.1, 0.15) is 16.0 Å². The summed E-state index contributed by atoms with van der Waals surface area (Å²) in [6, 6.07) is 21.2. The van der Waals surface area contributed by atoms with Crippen LogP contribution in [0, 0.1) is 5.82 Å². The first-order valence-electron chi connectivity index (χ1n) is 13.3. The number of thiophene rings is 1. The van der Waals surface area contributed by atoms with Crippen LogP contribution in [0.4, 0.5) is 17.6 Å². The molecule has 6 rings (SSSR count). The first-order chi connectivity index (χ1) is 21.1. The van der Waals surface area contributed by atoms with Gasteiger partial charge < -0.3 is 5.11 Å². The van der Waals surface area contributed by atoms with Gasteiger partial charge in [0, 0.05) is 17.0 Å². The molecule has 0 aliphatic heterocycles. The number of alkyl halides is 3. The van der Waals surface area contributed by atoms with Crippen molar-refractivity contribution >= 4 is 72.9 Å². The second kappa shape index (κ2) is 13.5. The van der Waals surface area contributed by atoms with Crippen molar-refractivity contribution in [3.63, 3.8) is 0 Å². The average Bonchev–Trinajstić information content (AvgIpc) is 3.62. The van der Waals surface area contributed by atoms with Crippen molar-refractivity contribution in [1.82, 2.24) is 19.3 Å². The number of nitrogens with zero attached hydrogens (tertiary/aromatic N) is 4. The van der Waals surface area contributed by atoms with Gasteiger partial charge in [-0.3, -0.25) is 18.5 Å². The quantitative estimate of drug-likeness (QED) is 0.170. The second-order valence-corrected chi connectivity index (χ2v) is 11.2. The molecular weight excluding hydrogens is 640 g/mol. The van der Waals surface area contributed by atoms with Gasteiger partial charge in [0.25, 0.3) is 5.56 Å². The summed E-state index contributed by atoms with van der Waals surface area (Å²) in [4.78, 5) is 31.0. The van der Waals surface area contributed by atoms with Crippen molar-refractivity contribution < 1.29 is 27.2 Å². The fourth-order valence-corrected chi connectivity index (χ4v) is 6.16. The maximum atomic E-state index is 13.7. The van der Waals surface area contributed by atoms with E-state index in [0.29, 0.717) is 16.7 Å². The first kappa shape index (κ1) is 33.0. The van der Waals surface area contributed by atoms with Gasteiger partial charge in [0.1, 0.15) is 10.6 Å². The minimum absolute atomic E-state index is 0. The summed E-state index contributed by atoms with van der Waals surface area (Å²) in [5, 5.41) is 13.3. The molecule has 0 saturated heterocycles. The van der Waals surface area contributed by atoms with E-state index in [0.717, 1.165) is 27.0 Å². The number of rotatable bonds is 8. The Morgan fingerprint density at radius 2 is 1.56 bits per heavy atom. The Bertz CT molecular complexity index is 2090. The fraction of sp³-hybridized carbons (Fsp3) is 0.161. The molecule has 0 aliphatic carbocycles. The number of aryl methyl sites for hydroxylation is 1. The molecule has 0 spiro atoms. The average molecular weight is 663 g/mol. The number of aromatic hydroxyl groups is 1. The van der Waals surface area contributed by atoms with Crippen molar-refractivity contribution in [2.24, 2.45) is 0 Å². The number of fused-ring (bicyclic) bond motifs is 1. The number of aromatic nitrogens is 4. The third kappa shape index (κ3) is 7.37. The SMILES string of the molecule is O=c1c2cc(CC(F)(F)F)sc2n(Cc2ccc(-c3ccccc3-c3noc(O)n3)cc2)c(=O)n1CCc1ccc(F)cc1.[KH]. The van der Waals surface area contributed by atoms with Crippen LogP contribution >= 0.6 is 11.3 Å². The summed E-state index contributed by atoms with van der Waals surface area (Å²) in [5.41, 5.74) is 2.18. The van der Waals surface area contributed by atoms with Crippen LogP contribution in [0.3, 0.4) is 0 Å². The van der Waals surface area contributed by atoms with E-state index in [1.807, 2.05) is 24.3 Å². The number of hydrogen-bond donors (Lipinski definition) is 1. The molecule has 14 heteroatoms. The molecule has 0 amide bonds. The molecule has 3 aromatic heterocycles. The third-order valence-electron chi connectivity index (χ3n) is 7.05. The molecule has 226 valence electrons. The predicted molar refractivity (Wildman–Crippen MR) is 163 cm³/mol. The molecule has 0 saturated carbocycles. The summed E-state index contributed by atoms with van der Waals surface area (Å²) in [6.07, 6.45) is -6.03. The molecule has 0 fully saturated rings. The summed E-state index contributed by atoms with van der Waals surface area (Å²) in [5.74, 6) is -0.222. The van der Waals surface area contributed by atoms with E-state index in [-0.39, 0.29) is 91.8 Å². The molecule has 0 aliphatic rings. The van der Waals surface area contributed by atoms with E-state index in [9.17, 15) is 32.3 Å². The van der Waals surface area contributed by atoms with Gasteiger partial charge in [-0.1, -0.05) is 65.8 Å². The Hall–Kier alpha value is -3.40. The fourth-order valence-electron chi connectivity index (χ4n) is 4.99. The van der Waals surface area contributed by atoms with Gasteiger partial charge in [0.2, 0.25) is 5.82 Å². The van der Waals surface area contributed by atoms with Crippen LogP contribution in [-0.4, -0.2) is 81.9 Å². The Morgan fingerprint density at radius 1 is 0.889 bits per heavy atom. The molecule has 1 N–H and O–H groups in total. The Labute approximate surface area is 299 Å². The van der Waals surface area contributed by atoms with Crippen LogP contribution < -0.4 is 11.2 Å². The maximum absolute atomic E-state index is 13.7. The molecule has 6 aromatic rings. The number of benzene rings is 3. The Balaban J connectivity index is 0.00000400. The van der Waals surface area contributed by atoms with Crippen LogP contribution in [0.5, 0.6) is 6.08 Å². The Kier molecular flexibility index (Phi) is 9.91. The van der Waals surface area contributed by atoms with E-state index in [1.54, 1.807) is 36.4 Å². The molecule has 0 radical (unpaired) electrons. The summed E-state index contributed by atoms with van der Waals surface area (Å²) >= 11 is 0.769. The van der Waals surface area contributed by atoms with Gasteiger partial charge in [-0.2, -0.15) is 18.2 Å². The van der Waals surface area contributed by atoms with Crippen LogP contribution in [0.25, 0.3) is 32.7 Å². The van der Waals surface area contributed by atoms with Crippen molar-refractivity contribution in [1.29, 1.82) is 0 Å². The first-order valence-corrected chi connectivity index (χ1v) is 14.2. The van der Waals surface area contributed by atoms with Gasteiger partial charge in [-0.25, -0.2) is 9.18 Å². The number of halogens is 4. The summed E-state index contributed by atoms with van der Waals surface area (Å²) < 4.78 is 60.1. The van der Waals surface area contributed by atoms with E-state index < -0.39 is 35.7 Å². The zero-order chi connectivity index (χ0) is 31.0. The molecule has 0 unspecified atom stereocenters. The molecule has 0 atom stereocenters. The molecule has 3 heterocycles. The predicted octanol–water partition coefficient (Wildman–Crippen LogP) is 5.53. The van der Waals surface area contributed by atoms with E-state index in [4.69, 9.17) is 4.52 Å². The van der Waals surface area contributed by atoms with Crippen LogP contribution in [0.2, 0.25) is 0 Å². The van der Waals surface area contributed by atoms with Gasteiger partial charge >= 0.3 is 69.3 Å². The van der Waals surface area contributed by atoms with Gasteiger partial charge in [-0.05, 0) is 46.9 Å². The van der Waals surface area contributed by atoms with Crippen molar-refractivity contribution in [2.75, 3.05) is 0 Å². The minimum atomic E-state index is -4.49. The van der Waals surface area contributed by atoms with Gasteiger partial charge in [0.15, 0.2) is 0 Å². The van der Waals surface area contributed by atoms with Crippen molar-refractivity contribution in [3.05, 3.63) is 122 Å². The monoisotopic (exact) mass is 662 g/mol. The third-order valence-corrected chi connectivity index (χ3v) is 8.20. The van der Waals surface area contributed by atoms with E-state index >= 15 is 0 Å². The van der Waals surface area contributed by atoms with Crippen molar-refractivity contribution in [2.45, 2.75) is 32.1 Å². The molecule has 0 bridgehead atoms. The Morgan fingerprint density at radius 3 is 2.20 bits per heavy atom. The normalized spacial score (nSPS) is 11.6. The standard InChI is InChI=1S/C31H22F4N4O4S.K.H/c32-21-11-7-18(8-12-21)13-14-38-27(40)25-15-22(16-31(33,34)35)44-28(25)39(30(38)42)17-19-5-9-20(10-6-19)23-3-1-2-4-24(23)26-36-29(41)43-37-26;;/h1-12,15H,13-14,16-17H2,(H,36,37,41);;. The summed E-state index contributed by atoms with van der Waals surface area (Å²) in [7, 11) is 0.